The Labute approximate surface area is 159 Å². The van der Waals surface area contributed by atoms with Crippen LogP contribution in [0.25, 0.3) is 0 Å². The van der Waals surface area contributed by atoms with Gasteiger partial charge in [-0.15, -0.1) is 0 Å². The smallest absolute Gasteiger partial charge is 0.174 e. The monoisotopic (exact) mass is 376 g/mol. The molecule has 1 fully saturated rings. The fourth-order valence-corrected chi connectivity index (χ4v) is 3.95. The molecule has 0 aromatic heterocycles. The molecule has 2 nitrogen and oxygen atoms in total. The molecule has 0 atom stereocenters. The van der Waals surface area contributed by atoms with Crippen LogP contribution in [-0.4, -0.2) is 16.1 Å². The second kappa shape index (κ2) is 8.15. The molecule has 0 bridgehead atoms. The highest BCUT2D eigenvalue weighted by atomic mass is 35.5. The van der Waals surface area contributed by atoms with Crippen molar-refractivity contribution in [3.8, 4) is 0 Å². The van der Waals surface area contributed by atoms with Crippen LogP contribution >= 0.6 is 23.8 Å². The Hall–Kier alpha value is -1.65. The van der Waals surface area contributed by atoms with Crippen molar-refractivity contribution in [1.82, 2.24) is 4.90 Å². The Morgan fingerprint density at radius 3 is 2.60 bits per heavy atom. The minimum atomic E-state index is -0.192. The number of benzene rings is 2. The summed E-state index contributed by atoms with van der Waals surface area (Å²) in [7, 11) is 0. The first kappa shape index (κ1) is 18.2. The van der Waals surface area contributed by atoms with Gasteiger partial charge >= 0.3 is 0 Å². The zero-order chi connectivity index (χ0) is 17.8. The van der Waals surface area contributed by atoms with E-state index in [0.717, 1.165) is 24.1 Å². The molecule has 2 aromatic carbocycles. The van der Waals surface area contributed by atoms with E-state index < -0.39 is 0 Å². The lowest BCUT2D eigenvalue weighted by Crippen LogP contribution is -2.41. The highest BCUT2D eigenvalue weighted by Crippen LogP contribution is 2.29. The Morgan fingerprint density at radius 2 is 1.92 bits per heavy atom. The van der Waals surface area contributed by atoms with Gasteiger partial charge in [0.15, 0.2) is 5.11 Å². The van der Waals surface area contributed by atoms with Gasteiger partial charge < -0.3 is 10.2 Å². The summed E-state index contributed by atoms with van der Waals surface area (Å²) in [5, 5.41) is 4.54. The van der Waals surface area contributed by atoms with Crippen molar-refractivity contribution in [2.24, 2.45) is 0 Å². The van der Waals surface area contributed by atoms with E-state index in [4.69, 9.17) is 23.8 Å². The molecule has 0 spiro atoms. The van der Waals surface area contributed by atoms with Crippen molar-refractivity contribution in [2.45, 2.75) is 45.2 Å². The number of nitrogens with zero attached hydrogens (tertiary/aromatic N) is 1. The fraction of sp³-hybridized carbons (Fsp3) is 0.350. The zero-order valence-electron chi connectivity index (χ0n) is 14.3. The minimum Gasteiger partial charge on any atom is -0.342 e. The molecule has 1 saturated carbocycles. The number of hydrogen-bond donors (Lipinski definition) is 1. The van der Waals surface area contributed by atoms with Crippen molar-refractivity contribution in [3.63, 3.8) is 0 Å². The number of hydrogen-bond acceptors (Lipinski definition) is 1. The Bertz CT molecular complexity index is 739. The van der Waals surface area contributed by atoms with Crippen molar-refractivity contribution in [3.05, 3.63) is 64.4 Å². The normalized spacial score (nSPS) is 14.5. The average molecular weight is 377 g/mol. The summed E-state index contributed by atoms with van der Waals surface area (Å²) in [5.41, 5.74) is 2.52. The van der Waals surface area contributed by atoms with Gasteiger partial charge in [0, 0.05) is 18.2 Å². The molecule has 0 heterocycles. The molecule has 3 rings (SSSR count). The number of nitrogens with one attached hydrogen (secondary N) is 1. The summed E-state index contributed by atoms with van der Waals surface area (Å²) in [4.78, 5) is 2.11. The van der Waals surface area contributed by atoms with E-state index in [9.17, 15) is 4.39 Å². The maximum absolute atomic E-state index is 14.1. The predicted octanol–water partition coefficient (Wildman–Crippen LogP) is 5.93. The average Bonchev–Trinajstić information content (AvgIpc) is 3.11. The van der Waals surface area contributed by atoms with Gasteiger partial charge in [-0.1, -0.05) is 54.8 Å². The highest BCUT2D eigenvalue weighted by Gasteiger charge is 2.26. The van der Waals surface area contributed by atoms with E-state index in [2.05, 4.69) is 10.2 Å². The molecule has 0 aliphatic heterocycles. The summed E-state index contributed by atoms with van der Waals surface area (Å²) in [6, 6.07) is 13.0. The lowest BCUT2D eigenvalue weighted by atomic mass is 10.1. The number of thiocarbonyl (C=S) groups is 1. The SMILES string of the molecule is Cc1cccc(Cl)c1NC(=S)N(Cc1ccccc1F)C1CCCC1. The largest absolute Gasteiger partial charge is 0.342 e. The molecule has 0 saturated heterocycles. The first-order valence-electron chi connectivity index (χ1n) is 8.62. The molecule has 25 heavy (non-hydrogen) atoms. The molecule has 1 N–H and O–H groups in total. The number of halogens is 2. The van der Waals surface area contributed by atoms with Gasteiger partial charge in [-0.2, -0.15) is 0 Å². The van der Waals surface area contributed by atoms with E-state index in [1.165, 1.54) is 18.9 Å². The summed E-state index contributed by atoms with van der Waals surface area (Å²) in [6.45, 7) is 2.46. The summed E-state index contributed by atoms with van der Waals surface area (Å²) in [5.74, 6) is -0.192. The van der Waals surface area contributed by atoms with Gasteiger partial charge in [0.1, 0.15) is 5.82 Å². The van der Waals surface area contributed by atoms with Crippen molar-refractivity contribution < 1.29 is 4.39 Å². The summed E-state index contributed by atoms with van der Waals surface area (Å²) in [6.07, 6.45) is 4.54. The minimum absolute atomic E-state index is 0.192. The van der Waals surface area contributed by atoms with Crippen LogP contribution < -0.4 is 5.32 Å². The molecule has 132 valence electrons. The van der Waals surface area contributed by atoms with Gasteiger partial charge in [0.05, 0.1) is 10.7 Å². The van der Waals surface area contributed by atoms with Crippen molar-refractivity contribution in [1.29, 1.82) is 0 Å². The van der Waals surface area contributed by atoms with Crippen LogP contribution in [0.1, 0.15) is 36.8 Å². The van der Waals surface area contributed by atoms with Crippen LogP contribution in [0.15, 0.2) is 42.5 Å². The number of para-hydroxylation sites is 1. The van der Waals surface area contributed by atoms with Gasteiger partial charge in [0.2, 0.25) is 0 Å². The van der Waals surface area contributed by atoms with Crippen LogP contribution in [0.5, 0.6) is 0 Å². The number of anilines is 1. The highest BCUT2D eigenvalue weighted by molar-refractivity contribution is 7.80. The molecule has 0 amide bonds. The van der Waals surface area contributed by atoms with E-state index in [0.29, 0.717) is 28.3 Å². The maximum Gasteiger partial charge on any atom is 0.174 e. The molecule has 5 heteroatoms. The second-order valence-corrected chi connectivity index (χ2v) is 7.31. The van der Waals surface area contributed by atoms with E-state index in [1.54, 1.807) is 6.07 Å². The first-order valence-corrected chi connectivity index (χ1v) is 9.41. The Kier molecular flexibility index (Phi) is 5.92. The van der Waals surface area contributed by atoms with E-state index in [1.807, 2.05) is 37.3 Å². The second-order valence-electron chi connectivity index (χ2n) is 6.52. The third kappa shape index (κ3) is 4.31. The number of rotatable bonds is 4. The van der Waals surface area contributed by atoms with Crippen LogP contribution in [0.3, 0.4) is 0 Å². The third-order valence-electron chi connectivity index (χ3n) is 4.78. The molecular formula is C20H22ClFN2S. The molecule has 2 aromatic rings. The maximum atomic E-state index is 14.1. The summed E-state index contributed by atoms with van der Waals surface area (Å²) < 4.78 is 14.1. The van der Waals surface area contributed by atoms with Gasteiger partial charge in [0.25, 0.3) is 0 Å². The van der Waals surface area contributed by atoms with Crippen LogP contribution in [-0.2, 0) is 6.54 Å². The lowest BCUT2D eigenvalue weighted by Gasteiger charge is -2.32. The molecular weight excluding hydrogens is 355 g/mol. The zero-order valence-corrected chi connectivity index (χ0v) is 15.8. The predicted molar refractivity (Wildman–Crippen MR) is 107 cm³/mol. The molecule has 1 aliphatic rings. The molecule has 1 aliphatic carbocycles. The standard InChI is InChI=1S/C20H22ClFN2S/c1-14-7-6-11-17(21)19(14)23-20(25)24(16-9-3-4-10-16)13-15-8-2-5-12-18(15)22/h2,5-8,11-12,16H,3-4,9-10,13H2,1H3,(H,23,25). The topological polar surface area (TPSA) is 15.3 Å². The Morgan fingerprint density at radius 1 is 1.20 bits per heavy atom. The van der Waals surface area contributed by atoms with E-state index in [-0.39, 0.29) is 5.82 Å². The van der Waals surface area contributed by atoms with Gasteiger partial charge in [-0.3, -0.25) is 0 Å². The first-order chi connectivity index (χ1) is 12.1. The van der Waals surface area contributed by atoms with Crippen LogP contribution in [0.2, 0.25) is 5.02 Å². The molecule has 0 unspecified atom stereocenters. The summed E-state index contributed by atoms with van der Waals surface area (Å²) >= 11 is 12.0. The van der Waals surface area contributed by atoms with Gasteiger partial charge in [-0.05, 0) is 49.7 Å². The van der Waals surface area contributed by atoms with Gasteiger partial charge in [-0.25, -0.2) is 4.39 Å². The Balaban J connectivity index is 1.84. The van der Waals surface area contributed by atoms with Crippen molar-refractivity contribution in [2.75, 3.05) is 5.32 Å². The van der Waals surface area contributed by atoms with Crippen LogP contribution in [0.4, 0.5) is 10.1 Å². The quantitative estimate of drug-likeness (QED) is 0.666. The third-order valence-corrected chi connectivity index (χ3v) is 5.43. The van der Waals surface area contributed by atoms with Crippen molar-refractivity contribution >= 4 is 34.6 Å². The van der Waals surface area contributed by atoms with E-state index >= 15 is 0 Å². The number of aryl methyl sites for hydroxylation is 1. The fourth-order valence-electron chi connectivity index (χ4n) is 3.36. The van der Waals surface area contributed by atoms with Crippen LogP contribution in [0, 0.1) is 12.7 Å². The molecule has 0 radical (unpaired) electrons. The lowest BCUT2D eigenvalue weighted by molar-refractivity contribution is 0.308.